The molecule has 0 unspecified atom stereocenters. The Balaban J connectivity index is 1.74. The largest absolute Gasteiger partial charge is 0.318 e. The summed E-state index contributed by atoms with van der Waals surface area (Å²) >= 11 is 1.47. The third-order valence-electron chi connectivity index (χ3n) is 3.88. The highest BCUT2D eigenvalue weighted by Crippen LogP contribution is 2.15. The first kappa shape index (κ1) is 15.3. The van der Waals surface area contributed by atoms with E-state index in [1.54, 1.807) is 24.3 Å². The molecule has 2 N–H and O–H groups in total. The number of rotatable bonds is 2. The molecule has 0 saturated heterocycles. The highest BCUT2D eigenvalue weighted by molar-refractivity contribution is 7.16. The van der Waals surface area contributed by atoms with Crippen LogP contribution in [-0.2, 0) is 7.05 Å². The summed E-state index contributed by atoms with van der Waals surface area (Å²) < 4.78 is 2.98. The van der Waals surface area contributed by atoms with Gasteiger partial charge in [0.15, 0.2) is 5.69 Å². The standard InChI is InChI=1S/C17H13N5O2S/c1-22-12-8-4-5-9-13(12)25-17(22)21-20-16(24)14-10-6-2-3-7-11(10)15(23)19-18-14/h2-9H,1H3,(H,19,23)(H,20,24)/b21-17-. The maximum atomic E-state index is 12.5. The fourth-order valence-electron chi connectivity index (χ4n) is 2.63. The van der Waals surface area contributed by atoms with Crippen LogP contribution in [0.25, 0.3) is 21.0 Å². The zero-order chi connectivity index (χ0) is 17.4. The van der Waals surface area contributed by atoms with Gasteiger partial charge in [0.25, 0.3) is 11.5 Å². The highest BCUT2D eigenvalue weighted by Gasteiger charge is 2.13. The molecule has 0 aliphatic carbocycles. The summed E-state index contributed by atoms with van der Waals surface area (Å²) in [5.41, 5.74) is 3.35. The quantitative estimate of drug-likeness (QED) is 0.539. The van der Waals surface area contributed by atoms with Gasteiger partial charge < -0.3 is 4.57 Å². The molecule has 0 bridgehead atoms. The highest BCUT2D eigenvalue weighted by atomic mass is 32.1. The smallest absolute Gasteiger partial charge is 0.292 e. The minimum Gasteiger partial charge on any atom is -0.318 e. The van der Waals surface area contributed by atoms with E-state index in [1.165, 1.54) is 11.3 Å². The van der Waals surface area contributed by atoms with Gasteiger partial charge in [-0.15, -0.1) is 5.10 Å². The molecule has 8 heteroatoms. The third kappa shape index (κ3) is 2.62. The molecule has 0 spiro atoms. The van der Waals surface area contributed by atoms with Crippen molar-refractivity contribution in [2.24, 2.45) is 12.1 Å². The fraction of sp³-hybridized carbons (Fsp3) is 0.0588. The van der Waals surface area contributed by atoms with Crippen molar-refractivity contribution in [3.63, 3.8) is 0 Å². The van der Waals surface area contributed by atoms with Crippen molar-refractivity contribution in [3.05, 3.63) is 69.4 Å². The molecular formula is C17H13N5O2S. The van der Waals surface area contributed by atoms with E-state index in [9.17, 15) is 9.59 Å². The number of aromatic nitrogens is 3. The first-order chi connectivity index (χ1) is 12.1. The molecule has 0 saturated carbocycles. The van der Waals surface area contributed by atoms with Crippen molar-refractivity contribution in [1.29, 1.82) is 0 Å². The zero-order valence-corrected chi connectivity index (χ0v) is 14.0. The number of H-pyrrole nitrogens is 1. The number of aryl methyl sites for hydroxylation is 1. The zero-order valence-electron chi connectivity index (χ0n) is 13.2. The van der Waals surface area contributed by atoms with Gasteiger partial charge in [0.05, 0.1) is 15.6 Å². The second-order valence-electron chi connectivity index (χ2n) is 5.41. The lowest BCUT2D eigenvalue weighted by Gasteiger charge is -2.02. The molecule has 7 nitrogen and oxygen atoms in total. The van der Waals surface area contributed by atoms with E-state index >= 15 is 0 Å². The summed E-state index contributed by atoms with van der Waals surface area (Å²) in [6.45, 7) is 0. The number of hydrogen-bond donors (Lipinski definition) is 2. The summed E-state index contributed by atoms with van der Waals surface area (Å²) in [6.07, 6.45) is 0. The van der Waals surface area contributed by atoms with Crippen LogP contribution < -0.4 is 15.8 Å². The molecule has 0 aliphatic heterocycles. The normalized spacial score (nSPS) is 12.0. The third-order valence-corrected chi connectivity index (χ3v) is 4.99. The number of amides is 1. The average Bonchev–Trinajstić information content (AvgIpc) is 2.96. The number of para-hydroxylation sites is 1. The summed E-state index contributed by atoms with van der Waals surface area (Å²) in [6, 6.07) is 14.7. The first-order valence-corrected chi connectivity index (χ1v) is 8.33. The molecule has 124 valence electrons. The van der Waals surface area contributed by atoms with Gasteiger partial charge in [0.2, 0.25) is 4.80 Å². The van der Waals surface area contributed by atoms with E-state index in [0.29, 0.717) is 15.6 Å². The molecule has 2 aromatic heterocycles. The lowest BCUT2D eigenvalue weighted by Crippen LogP contribution is -2.25. The Morgan fingerprint density at radius 3 is 2.68 bits per heavy atom. The van der Waals surface area contributed by atoms with Crippen molar-refractivity contribution >= 4 is 38.2 Å². The maximum Gasteiger partial charge on any atom is 0.292 e. The van der Waals surface area contributed by atoms with Gasteiger partial charge in [-0.3, -0.25) is 9.59 Å². The van der Waals surface area contributed by atoms with Crippen LogP contribution in [0.4, 0.5) is 0 Å². The number of fused-ring (bicyclic) bond motifs is 2. The topological polar surface area (TPSA) is 92.1 Å². The summed E-state index contributed by atoms with van der Waals surface area (Å²) in [5.74, 6) is -0.482. The summed E-state index contributed by atoms with van der Waals surface area (Å²) in [4.78, 5) is 24.9. The van der Waals surface area contributed by atoms with Gasteiger partial charge in [-0.1, -0.05) is 41.7 Å². The van der Waals surface area contributed by atoms with Gasteiger partial charge in [-0.25, -0.2) is 10.5 Å². The van der Waals surface area contributed by atoms with E-state index in [4.69, 9.17) is 0 Å². The van der Waals surface area contributed by atoms with Crippen LogP contribution in [-0.4, -0.2) is 20.7 Å². The molecule has 0 atom stereocenters. The first-order valence-electron chi connectivity index (χ1n) is 7.51. The number of carbonyl (C=O) groups excluding carboxylic acids is 1. The van der Waals surface area contributed by atoms with E-state index in [1.807, 2.05) is 35.9 Å². The Morgan fingerprint density at radius 1 is 1.16 bits per heavy atom. The second kappa shape index (κ2) is 5.99. The lowest BCUT2D eigenvalue weighted by atomic mass is 10.1. The van der Waals surface area contributed by atoms with Crippen LogP contribution in [0.5, 0.6) is 0 Å². The predicted octanol–water partition coefficient (Wildman–Crippen LogP) is 1.72. The number of thiazole rings is 1. The molecule has 25 heavy (non-hydrogen) atoms. The van der Waals surface area contributed by atoms with Crippen molar-refractivity contribution in [2.75, 3.05) is 0 Å². The molecule has 4 aromatic rings. The van der Waals surface area contributed by atoms with Gasteiger partial charge >= 0.3 is 0 Å². The minimum atomic E-state index is -0.482. The molecule has 0 aliphatic rings. The van der Waals surface area contributed by atoms with E-state index in [2.05, 4.69) is 20.7 Å². The van der Waals surface area contributed by atoms with E-state index < -0.39 is 5.91 Å². The molecule has 2 aromatic carbocycles. The summed E-state index contributed by atoms with van der Waals surface area (Å²) in [7, 11) is 1.89. The fourth-order valence-corrected chi connectivity index (χ4v) is 3.61. The second-order valence-corrected chi connectivity index (χ2v) is 6.42. The van der Waals surface area contributed by atoms with Crippen molar-refractivity contribution < 1.29 is 4.79 Å². The van der Waals surface area contributed by atoms with Gasteiger partial charge in [-0.2, -0.15) is 5.10 Å². The van der Waals surface area contributed by atoms with Crippen molar-refractivity contribution in [1.82, 2.24) is 20.2 Å². The van der Waals surface area contributed by atoms with Gasteiger partial charge in [0.1, 0.15) is 0 Å². The predicted molar refractivity (Wildman–Crippen MR) is 96.2 cm³/mol. The Bertz CT molecular complexity index is 1230. The number of benzene rings is 2. The van der Waals surface area contributed by atoms with Crippen LogP contribution in [0.3, 0.4) is 0 Å². The molecule has 0 fully saturated rings. The maximum absolute atomic E-state index is 12.5. The molecule has 4 rings (SSSR count). The Labute approximate surface area is 145 Å². The van der Waals surface area contributed by atoms with Crippen LogP contribution >= 0.6 is 11.3 Å². The van der Waals surface area contributed by atoms with Crippen molar-refractivity contribution in [3.8, 4) is 0 Å². The van der Waals surface area contributed by atoms with Gasteiger partial charge in [0, 0.05) is 12.4 Å². The van der Waals surface area contributed by atoms with E-state index in [0.717, 1.165) is 10.2 Å². The van der Waals surface area contributed by atoms with E-state index in [-0.39, 0.29) is 11.3 Å². The summed E-state index contributed by atoms with van der Waals surface area (Å²) in [5, 5.41) is 11.3. The number of hydrogen-bond acceptors (Lipinski definition) is 5. The Kier molecular flexibility index (Phi) is 3.66. The van der Waals surface area contributed by atoms with Crippen LogP contribution in [0.1, 0.15) is 10.5 Å². The lowest BCUT2D eigenvalue weighted by molar-refractivity contribution is 0.0949. The van der Waals surface area contributed by atoms with Crippen LogP contribution in [0.15, 0.2) is 58.4 Å². The van der Waals surface area contributed by atoms with Gasteiger partial charge in [-0.05, 0) is 18.2 Å². The van der Waals surface area contributed by atoms with Crippen molar-refractivity contribution in [2.45, 2.75) is 0 Å². The number of nitrogens with one attached hydrogen (secondary N) is 2. The number of carbonyl (C=O) groups is 1. The Hall–Kier alpha value is -3.26. The monoisotopic (exact) mass is 351 g/mol. The molecule has 0 radical (unpaired) electrons. The molecule has 1 amide bonds. The SMILES string of the molecule is Cn1/c(=N/NC(=O)c2n[nH]c(=O)c3ccccc23)sc2ccccc21. The molecular weight excluding hydrogens is 338 g/mol. The number of nitrogens with zero attached hydrogens (tertiary/aromatic N) is 3. The average molecular weight is 351 g/mol. The van der Waals surface area contributed by atoms with Crippen LogP contribution in [0.2, 0.25) is 0 Å². The number of aromatic amines is 1. The molecule has 2 heterocycles. The Morgan fingerprint density at radius 2 is 1.88 bits per heavy atom. The van der Waals surface area contributed by atoms with Crippen LogP contribution in [0, 0.1) is 0 Å². The minimum absolute atomic E-state index is 0.128.